The average molecular weight is 972 g/mol. The molecular weight excluding hydrogens is 853 g/mol. The first-order valence-electron chi connectivity index (χ1n) is 30.8. The fourth-order valence-electron chi connectivity index (χ4n) is 9.30. The maximum absolute atomic E-state index is 12.8. The average Bonchev–Trinajstić information content (AvgIpc) is 3.35. The molecule has 0 aromatic carbocycles. The molecule has 0 aromatic rings. The molecule has 0 aliphatic heterocycles. The molecule has 6 nitrogen and oxygen atoms in total. The van der Waals surface area contributed by atoms with Crippen LogP contribution in [0.2, 0.25) is 0 Å². The van der Waals surface area contributed by atoms with Crippen molar-refractivity contribution in [2.45, 2.75) is 348 Å². The minimum Gasteiger partial charge on any atom is -0.462 e. The third-order valence-corrected chi connectivity index (χ3v) is 14.0. The largest absolute Gasteiger partial charge is 0.462 e. The van der Waals surface area contributed by atoms with Crippen molar-refractivity contribution < 1.29 is 28.6 Å². The van der Waals surface area contributed by atoms with Gasteiger partial charge in [0.15, 0.2) is 6.10 Å². The smallest absolute Gasteiger partial charge is 0.306 e. The van der Waals surface area contributed by atoms with Crippen molar-refractivity contribution in [1.82, 2.24) is 0 Å². The van der Waals surface area contributed by atoms with Crippen LogP contribution in [0.5, 0.6) is 0 Å². The maximum Gasteiger partial charge on any atom is 0.306 e. The molecule has 0 amide bonds. The van der Waals surface area contributed by atoms with E-state index in [4.69, 9.17) is 14.2 Å². The van der Waals surface area contributed by atoms with E-state index in [-0.39, 0.29) is 31.1 Å². The minimum atomic E-state index is -0.763. The second-order valence-corrected chi connectivity index (χ2v) is 21.0. The normalized spacial score (nSPS) is 12.1. The molecule has 0 aliphatic carbocycles. The molecule has 69 heavy (non-hydrogen) atoms. The van der Waals surface area contributed by atoms with Crippen molar-refractivity contribution in [3.8, 4) is 0 Å². The second kappa shape index (κ2) is 58.5. The molecule has 1 atom stereocenters. The van der Waals surface area contributed by atoms with Gasteiger partial charge in [0.25, 0.3) is 0 Å². The molecule has 0 N–H and O–H groups in total. The van der Waals surface area contributed by atoms with Crippen molar-refractivity contribution in [1.29, 1.82) is 0 Å². The summed E-state index contributed by atoms with van der Waals surface area (Å²) in [4.78, 5) is 37.9. The lowest BCUT2D eigenvalue weighted by atomic mass is 10.0. The first-order valence-corrected chi connectivity index (χ1v) is 30.8. The molecule has 0 spiro atoms. The highest BCUT2D eigenvalue weighted by molar-refractivity contribution is 5.71. The van der Waals surface area contributed by atoms with Crippen LogP contribution < -0.4 is 0 Å². The highest BCUT2D eigenvalue weighted by Crippen LogP contribution is 2.17. The Bertz CT molecular complexity index is 1110. The van der Waals surface area contributed by atoms with E-state index < -0.39 is 6.10 Å². The number of esters is 3. The lowest BCUT2D eigenvalue weighted by Gasteiger charge is -2.18. The Morgan fingerprint density at radius 2 is 0.522 bits per heavy atom. The van der Waals surface area contributed by atoms with Gasteiger partial charge in [0.05, 0.1) is 0 Å². The number of ether oxygens (including phenoxy) is 3. The molecule has 6 heteroatoms. The number of hydrogen-bond donors (Lipinski definition) is 0. The fourth-order valence-corrected chi connectivity index (χ4v) is 9.30. The maximum atomic E-state index is 12.8. The van der Waals surface area contributed by atoms with E-state index in [9.17, 15) is 14.4 Å². The van der Waals surface area contributed by atoms with Gasteiger partial charge >= 0.3 is 17.9 Å². The third kappa shape index (κ3) is 56.7. The van der Waals surface area contributed by atoms with E-state index in [1.54, 1.807) is 0 Å². The van der Waals surface area contributed by atoms with Gasteiger partial charge in [-0.1, -0.05) is 295 Å². The SMILES string of the molecule is CCCCCCC/C=C\C/C=C\CCCCCCCCCCCCCCCCCCCC(=O)OCC(COC(=O)CCCCCCCC)OC(=O)CCCCCCCCCCCCCCCCCC. The fraction of sp³-hybridized carbons (Fsp3) is 0.889. The van der Waals surface area contributed by atoms with Crippen LogP contribution in [0.25, 0.3) is 0 Å². The summed E-state index contributed by atoms with van der Waals surface area (Å²) in [6.45, 7) is 6.62. The second-order valence-electron chi connectivity index (χ2n) is 21.0. The Kier molecular flexibility index (Phi) is 56.7. The number of carbonyl (C=O) groups excluding carboxylic acids is 3. The van der Waals surface area contributed by atoms with Crippen LogP contribution in [-0.2, 0) is 28.6 Å². The highest BCUT2D eigenvalue weighted by Gasteiger charge is 2.19. The topological polar surface area (TPSA) is 78.9 Å². The summed E-state index contributed by atoms with van der Waals surface area (Å²) in [5.41, 5.74) is 0. The van der Waals surface area contributed by atoms with E-state index in [0.717, 1.165) is 64.2 Å². The number of unbranched alkanes of at least 4 members (excludes halogenated alkanes) is 42. The molecule has 406 valence electrons. The van der Waals surface area contributed by atoms with Gasteiger partial charge in [0.1, 0.15) is 13.2 Å². The number of allylic oxidation sites excluding steroid dienone is 4. The standard InChI is InChI=1S/C63H118O6/c1-4-7-10-13-16-18-20-22-24-26-27-28-29-30-31-32-33-34-35-36-37-38-40-41-43-45-47-50-53-56-62(65)68-59-60(58-67-61(64)55-52-49-15-12-9-6-3)69-63(66)57-54-51-48-46-44-42-39-25-23-21-19-17-14-11-8-5-2/h20,22,26-27,60H,4-19,21,23-25,28-59H2,1-3H3/b22-20-,27-26-. The van der Waals surface area contributed by atoms with Crippen molar-refractivity contribution in [2.75, 3.05) is 13.2 Å². The third-order valence-electron chi connectivity index (χ3n) is 14.0. The van der Waals surface area contributed by atoms with Crippen LogP contribution in [0, 0.1) is 0 Å². The molecule has 1 unspecified atom stereocenters. The molecule has 0 rings (SSSR count). The molecule has 0 bridgehead atoms. The molecular formula is C63H118O6. The van der Waals surface area contributed by atoms with Crippen LogP contribution in [0.3, 0.4) is 0 Å². The Labute approximate surface area is 430 Å². The summed E-state index contributed by atoms with van der Waals surface area (Å²) in [6, 6.07) is 0. The Hall–Kier alpha value is -2.11. The first-order chi connectivity index (χ1) is 34.0. The van der Waals surface area contributed by atoms with Gasteiger partial charge in [-0.05, 0) is 51.4 Å². The molecule has 0 aromatic heterocycles. The van der Waals surface area contributed by atoms with Crippen LogP contribution in [-0.4, -0.2) is 37.2 Å². The molecule has 0 radical (unpaired) electrons. The predicted molar refractivity (Wildman–Crippen MR) is 298 cm³/mol. The quantitative estimate of drug-likeness (QED) is 0.0261. The van der Waals surface area contributed by atoms with Gasteiger partial charge in [-0.25, -0.2) is 0 Å². The van der Waals surface area contributed by atoms with Crippen LogP contribution in [0.4, 0.5) is 0 Å². The zero-order valence-electron chi connectivity index (χ0n) is 46.6. The Morgan fingerprint density at radius 3 is 0.797 bits per heavy atom. The molecule has 0 aliphatic rings. The van der Waals surface area contributed by atoms with E-state index in [1.165, 1.54) is 238 Å². The van der Waals surface area contributed by atoms with Crippen molar-refractivity contribution in [3.05, 3.63) is 24.3 Å². The van der Waals surface area contributed by atoms with Crippen molar-refractivity contribution >= 4 is 17.9 Å². The van der Waals surface area contributed by atoms with Gasteiger partial charge in [-0.15, -0.1) is 0 Å². The molecule has 0 saturated heterocycles. The highest BCUT2D eigenvalue weighted by atomic mass is 16.6. The van der Waals surface area contributed by atoms with E-state index in [0.29, 0.717) is 19.3 Å². The minimum absolute atomic E-state index is 0.0653. The van der Waals surface area contributed by atoms with Gasteiger partial charge in [0.2, 0.25) is 0 Å². The van der Waals surface area contributed by atoms with E-state index in [1.807, 2.05) is 0 Å². The predicted octanol–water partition coefficient (Wildman–Crippen LogP) is 20.7. The van der Waals surface area contributed by atoms with Gasteiger partial charge in [-0.3, -0.25) is 14.4 Å². The summed E-state index contributed by atoms with van der Waals surface area (Å²) in [6.07, 6.45) is 69.4. The molecule has 0 fully saturated rings. The summed E-state index contributed by atoms with van der Waals surface area (Å²) in [5, 5.41) is 0. The zero-order chi connectivity index (χ0) is 50.0. The van der Waals surface area contributed by atoms with Crippen LogP contribution >= 0.6 is 0 Å². The summed E-state index contributed by atoms with van der Waals surface area (Å²) in [5.74, 6) is -0.853. The van der Waals surface area contributed by atoms with Gasteiger partial charge < -0.3 is 14.2 Å². The molecule has 0 heterocycles. The van der Waals surface area contributed by atoms with Crippen molar-refractivity contribution in [3.63, 3.8) is 0 Å². The summed E-state index contributed by atoms with van der Waals surface area (Å²) < 4.78 is 16.8. The monoisotopic (exact) mass is 971 g/mol. The number of hydrogen-bond acceptors (Lipinski definition) is 6. The van der Waals surface area contributed by atoms with Crippen LogP contribution in [0.1, 0.15) is 342 Å². The van der Waals surface area contributed by atoms with Gasteiger partial charge in [0, 0.05) is 19.3 Å². The first kappa shape index (κ1) is 66.9. The Morgan fingerprint density at radius 1 is 0.290 bits per heavy atom. The van der Waals surface area contributed by atoms with Gasteiger partial charge in [-0.2, -0.15) is 0 Å². The summed E-state index contributed by atoms with van der Waals surface area (Å²) >= 11 is 0. The number of rotatable bonds is 57. The lowest BCUT2D eigenvalue weighted by Crippen LogP contribution is -2.30. The lowest BCUT2D eigenvalue weighted by molar-refractivity contribution is -0.167. The number of carbonyl (C=O) groups is 3. The van der Waals surface area contributed by atoms with Crippen LogP contribution in [0.15, 0.2) is 24.3 Å². The van der Waals surface area contributed by atoms with Crippen molar-refractivity contribution in [2.24, 2.45) is 0 Å². The zero-order valence-corrected chi connectivity index (χ0v) is 46.6. The Balaban J connectivity index is 3.98. The van der Waals surface area contributed by atoms with E-state index in [2.05, 4.69) is 45.1 Å². The van der Waals surface area contributed by atoms with E-state index >= 15 is 0 Å². The molecule has 0 saturated carbocycles. The summed E-state index contributed by atoms with van der Waals surface area (Å²) in [7, 11) is 0.